The first-order chi connectivity index (χ1) is 15.3. The zero-order chi connectivity index (χ0) is 24.1. The van der Waals surface area contributed by atoms with E-state index in [0.717, 1.165) is 6.42 Å². The number of rotatable bonds is 13. The van der Waals surface area contributed by atoms with Crippen molar-refractivity contribution >= 4 is 45.8 Å². The van der Waals surface area contributed by atoms with E-state index in [1.54, 1.807) is 6.08 Å². The van der Waals surface area contributed by atoms with Crippen molar-refractivity contribution in [2.75, 3.05) is 19.5 Å². The molecule has 0 amide bonds. The van der Waals surface area contributed by atoms with E-state index < -0.39 is 28.7 Å². The fourth-order valence-corrected chi connectivity index (χ4v) is 4.49. The number of methoxy groups -OCH3 is 1. The Morgan fingerprint density at radius 3 is 2.69 bits per heavy atom. The van der Waals surface area contributed by atoms with Gasteiger partial charge in [-0.25, -0.2) is 0 Å². The molecule has 4 atom stereocenters. The quantitative estimate of drug-likeness (QED) is 0.168. The number of hydrogen-bond donors (Lipinski definition) is 0. The predicted molar refractivity (Wildman–Crippen MR) is 123 cm³/mol. The maximum Gasteiger partial charge on any atom is 0.317 e. The molecule has 1 aliphatic carbocycles. The van der Waals surface area contributed by atoms with E-state index in [0.29, 0.717) is 24.3 Å². The van der Waals surface area contributed by atoms with Gasteiger partial charge < -0.3 is 14.3 Å². The van der Waals surface area contributed by atoms with E-state index in [9.17, 15) is 18.6 Å². The third kappa shape index (κ3) is 9.24. The summed E-state index contributed by atoms with van der Waals surface area (Å²) in [6.07, 6.45) is 4.44. The lowest BCUT2D eigenvalue weighted by Gasteiger charge is -2.29. The van der Waals surface area contributed by atoms with E-state index in [1.165, 1.54) is 18.7 Å². The molecule has 0 bridgehead atoms. The summed E-state index contributed by atoms with van der Waals surface area (Å²) in [7, 11) is 0.208. The molecule has 0 N–H and O–H groups in total. The number of oxime groups is 1. The molecule has 8 nitrogen and oxygen atoms in total. The Morgan fingerprint density at radius 2 is 2.09 bits per heavy atom. The van der Waals surface area contributed by atoms with E-state index in [1.807, 2.05) is 20.8 Å². The number of carbonyl (C=O) groups is 3. The standard InChI is InChI=1S/C22H32ClNO7S/c1-5-8-17(24-30-10-7-9-23)13-21(26)31-20-14-18(22(27)29-4)16(12-19(20)25)11-15(3)32(28)6-2/h7,9,14-16,18H,5-6,8,10-13H2,1-4H3/t15?,16-,18-,32?/m0/s1. The Hall–Kier alpha value is -2.00. The van der Waals surface area contributed by atoms with Crippen LogP contribution in [0.4, 0.5) is 0 Å². The second-order valence-electron chi connectivity index (χ2n) is 7.40. The topological polar surface area (TPSA) is 108 Å². The van der Waals surface area contributed by atoms with Crippen LogP contribution >= 0.6 is 11.6 Å². The van der Waals surface area contributed by atoms with Crippen LogP contribution in [0.25, 0.3) is 0 Å². The van der Waals surface area contributed by atoms with Crippen molar-refractivity contribution in [2.45, 2.75) is 58.1 Å². The summed E-state index contributed by atoms with van der Waals surface area (Å²) in [5, 5.41) is 3.75. The van der Waals surface area contributed by atoms with Crippen LogP contribution in [0, 0.1) is 11.8 Å². The van der Waals surface area contributed by atoms with Crippen molar-refractivity contribution < 1.29 is 32.9 Å². The largest absolute Gasteiger partial charge is 0.469 e. The average Bonchev–Trinajstić information content (AvgIpc) is 2.77. The van der Waals surface area contributed by atoms with Gasteiger partial charge in [-0.3, -0.25) is 18.6 Å². The van der Waals surface area contributed by atoms with Gasteiger partial charge in [-0.1, -0.05) is 43.9 Å². The summed E-state index contributed by atoms with van der Waals surface area (Å²) >= 11 is 5.42. The van der Waals surface area contributed by atoms with Crippen LogP contribution in [0.15, 0.2) is 28.6 Å². The Kier molecular flexibility index (Phi) is 13.1. The molecule has 0 spiro atoms. The number of halogens is 1. The van der Waals surface area contributed by atoms with Gasteiger partial charge in [-0.2, -0.15) is 0 Å². The number of esters is 2. The molecule has 0 saturated heterocycles. The molecule has 0 heterocycles. The summed E-state index contributed by atoms with van der Waals surface area (Å²) in [6, 6.07) is 0. The Labute approximate surface area is 196 Å². The van der Waals surface area contributed by atoms with Gasteiger partial charge in [0, 0.05) is 33.8 Å². The molecule has 0 aromatic heterocycles. The van der Waals surface area contributed by atoms with Crippen molar-refractivity contribution in [1.82, 2.24) is 0 Å². The third-order valence-electron chi connectivity index (χ3n) is 4.97. The summed E-state index contributed by atoms with van der Waals surface area (Å²) in [4.78, 5) is 42.5. The SMILES string of the molecule is CCCC(CC(=O)OC1=C[C@H](C(=O)OC)[C@@H](CC(C)S(=O)CC)CC1=O)=NOCC=CCl. The molecule has 1 aliphatic rings. The molecule has 2 unspecified atom stereocenters. The minimum Gasteiger partial charge on any atom is -0.469 e. The van der Waals surface area contributed by atoms with E-state index >= 15 is 0 Å². The maximum absolute atomic E-state index is 12.6. The van der Waals surface area contributed by atoms with Crippen molar-refractivity contribution in [3.05, 3.63) is 23.4 Å². The Bertz CT molecular complexity index is 778. The molecule has 0 radical (unpaired) electrons. The number of ether oxygens (including phenoxy) is 2. The van der Waals surface area contributed by atoms with E-state index in [-0.39, 0.29) is 42.2 Å². The maximum atomic E-state index is 12.6. The van der Waals surface area contributed by atoms with Crippen LogP contribution in [0.2, 0.25) is 0 Å². The second-order valence-corrected chi connectivity index (χ2v) is 9.79. The molecule has 0 aliphatic heterocycles. The third-order valence-corrected chi connectivity index (χ3v) is 6.80. The first-order valence-electron chi connectivity index (χ1n) is 10.6. The van der Waals surface area contributed by atoms with Crippen molar-refractivity contribution in [2.24, 2.45) is 17.0 Å². The monoisotopic (exact) mass is 489 g/mol. The highest BCUT2D eigenvalue weighted by molar-refractivity contribution is 7.85. The molecule has 0 aromatic rings. The lowest BCUT2D eigenvalue weighted by molar-refractivity contribution is -0.148. The van der Waals surface area contributed by atoms with Gasteiger partial charge in [-0.15, -0.1) is 0 Å². The molecule has 0 fully saturated rings. The van der Waals surface area contributed by atoms with Crippen molar-refractivity contribution in [1.29, 1.82) is 0 Å². The van der Waals surface area contributed by atoms with Crippen molar-refractivity contribution in [3.63, 3.8) is 0 Å². The minimum absolute atomic E-state index is 0.00785. The predicted octanol–water partition coefficient (Wildman–Crippen LogP) is 3.65. The summed E-state index contributed by atoms with van der Waals surface area (Å²) in [6.45, 7) is 5.75. The van der Waals surface area contributed by atoms with Crippen LogP contribution in [-0.4, -0.2) is 52.4 Å². The van der Waals surface area contributed by atoms with Gasteiger partial charge >= 0.3 is 11.9 Å². The van der Waals surface area contributed by atoms with Crippen LogP contribution in [-0.2, 0) is 39.5 Å². The van der Waals surface area contributed by atoms with E-state index in [4.69, 9.17) is 25.9 Å². The number of nitrogens with zero attached hydrogens (tertiary/aromatic N) is 1. The number of allylic oxidation sites excluding steroid dienone is 1. The van der Waals surface area contributed by atoms with Gasteiger partial charge in [0.15, 0.2) is 11.5 Å². The normalized spacial score (nSPS) is 21.1. The van der Waals surface area contributed by atoms with Gasteiger partial charge in [0.2, 0.25) is 0 Å². The molecule has 0 saturated carbocycles. The first kappa shape index (κ1) is 28.0. The second kappa shape index (κ2) is 14.9. The lowest BCUT2D eigenvalue weighted by Crippen LogP contribution is -2.34. The molecule has 0 aromatic carbocycles. The zero-order valence-corrected chi connectivity index (χ0v) is 20.6. The molecule has 10 heteroatoms. The highest BCUT2D eigenvalue weighted by Gasteiger charge is 2.38. The summed E-state index contributed by atoms with van der Waals surface area (Å²) in [5.41, 5.74) is 1.78. The number of carbonyl (C=O) groups excluding carboxylic acids is 3. The first-order valence-corrected chi connectivity index (χ1v) is 12.4. The summed E-state index contributed by atoms with van der Waals surface area (Å²) in [5.74, 6) is -2.38. The Balaban J connectivity index is 2.93. The molecular formula is C22H32ClNO7S. The molecular weight excluding hydrogens is 458 g/mol. The average molecular weight is 490 g/mol. The van der Waals surface area contributed by atoms with Gasteiger partial charge in [0.05, 0.1) is 25.2 Å². The number of hydrogen-bond acceptors (Lipinski definition) is 8. The number of Topliss-reactive ketones (excluding diaryl/α,β-unsaturated/α-hetero) is 1. The minimum atomic E-state index is -1.05. The Morgan fingerprint density at radius 1 is 1.38 bits per heavy atom. The van der Waals surface area contributed by atoms with Gasteiger partial charge in [0.1, 0.15) is 6.61 Å². The van der Waals surface area contributed by atoms with Crippen LogP contribution < -0.4 is 0 Å². The van der Waals surface area contributed by atoms with Crippen LogP contribution in [0.1, 0.15) is 52.9 Å². The summed E-state index contributed by atoms with van der Waals surface area (Å²) < 4.78 is 22.2. The fraction of sp³-hybridized carbons (Fsp3) is 0.636. The lowest BCUT2D eigenvalue weighted by atomic mass is 9.79. The fourth-order valence-electron chi connectivity index (χ4n) is 3.38. The van der Waals surface area contributed by atoms with E-state index in [2.05, 4.69) is 5.16 Å². The van der Waals surface area contributed by atoms with Crippen molar-refractivity contribution in [3.8, 4) is 0 Å². The van der Waals surface area contributed by atoms with Crippen LogP contribution in [0.5, 0.6) is 0 Å². The molecule has 180 valence electrons. The smallest absolute Gasteiger partial charge is 0.317 e. The van der Waals surface area contributed by atoms with Crippen LogP contribution in [0.3, 0.4) is 0 Å². The highest BCUT2D eigenvalue weighted by atomic mass is 35.5. The highest BCUT2D eigenvalue weighted by Crippen LogP contribution is 2.33. The van der Waals surface area contributed by atoms with Gasteiger partial charge in [0.25, 0.3) is 0 Å². The zero-order valence-electron chi connectivity index (χ0n) is 19.0. The number of ketones is 1. The van der Waals surface area contributed by atoms with Gasteiger partial charge in [-0.05, 0) is 30.9 Å². The molecule has 32 heavy (non-hydrogen) atoms. The molecule has 1 rings (SSSR count).